The van der Waals surface area contributed by atoms with Crippen LogP contribution in [0.1, 0.15) is 75.8 Å². The molecule has 12 nitrogen and oxygen atoms in total. The van der Waals surface area contributed by atoms with E-state index in [1.54, 1.807) is 18.5 Å². The summed E-state index contributed by atoms with van der Waals surface area (Å²) >= 11 is 1.40. The third-order valence-electron chi connectivity index (χ3n) is 7.87. The van der Waals surface area contributed by atoms with E-state index in [0.717, 1.165) is 13.1 Å². The number of aromatic nitrogens is 2. The molecule has 2 amide bonds. The molecule has 2 aromatic rings. The van der Waals surface area contributed by atoms with Crippen molar-refractivity contribution < 1.29 is 33.2 Å². The lowest BCUT2D eigenvalue weighted by Gasteiger charge is -2.25. The van der Waals surface area contributed by atoms with Gasteiger partial charge in [-0.3, -0.25) is 24.1 Å². The van der Waals surface area contributed by atoms with Crippen molar-refractivity contribution >= 4 is 34.7 Å². The fourth-order valence-corrected chi connectivity index (χ4v) is 5.86. The summed E-state index contributed by atoms with van der Waals surface area (Å²) < 4.78 is 16.2. The van der Waals surface area contributed by atoms with E-state index in [1.165, 1.54) is 11.3 Å². The second-order valence-corrected chi connectivity index (χ2v) is 13.6. The molecular formula is C31H45N5O7S. The second-order valence-electron chi connectivity index (χ2n) is 12.8. The lowest BCUT2D eigenvalue weighted by Crippen LogP contribution is -2.50. The van der Waals surface area contributed by atoms with E-state index in [4.69, 9.17) is 14.0 Å². The Balaban J connectivity index is 1.45. The summed E-state index contributed by atoms with van der Waals surface area (Å²) in [6.45, 7) is 13.3. The van der Waals surface area contributed by atoms with Crippen LogP contribution in [0.15, 0.2) is 21.5 Å². The summed E-state index contributed by atoms with van der Waals surface area (Å²) in [5, 5.41) is 11.5. The van der Waals surface area contributed by atoms with Gasteiger partial charge in [-0.1, -0.05) is 32.9 Å². The van der Waals surface area contributed by atoms with E-state index >= 15 is 0 Å². The van der Waals surface area contributed by atoms with Crippen LogP contribution >= 0.6 is 11.3 Å². The minimum atomic E-state index is -0.886. The van der Waals surface area contributed by atoms with Gasteiger partial charge < -0.3 is 24.6 Å². The number of thiazole rings is 1. The van der Waals surface area contributed by atoms with Gasteiger partial charge in [-0.05, 0) is 31.6 Å². The molecule has 44 heavy (non-hydrogen) atoms. The van der Waals surface area contributed by atoms with E-state index in [2.05, 4.69) is 25.7 Å². The first-order valence-electron chi connectivity index (χ1n) is 15.4. The van der Waals surface area contributed by atoms with Gasteiger partial charge in [0.2, 0.25) is 5.91 Å². The van der Waals surface area contributed by atoms with Crippen molar-refractivity contribution in [2.75, 3.05) is 32.9 Å². The SMILES string of the molecule is CC(C)C[C@H](NC(=O)c1cc(CN2CCOCC2)on1)C(=O)C[C@@H](Cc1cscn1)C(=O)N[C@@H](CC(C)C)C(=O)[C@@]1(C)CO1. The zero-order valence-corrected chi connectivity index (χ0v) is 27.1. The number of morpholine rings is 1. The van der Waals surface area contributed by atoms with E-state index < -0.39 is 35.4 Å². The quantitative estimate of drug-likeness (QED) is 0.249. The minimum Gasteiger partial charge on any atom is -0.379 e. The van der Waals surface area contributed by atoms with Crippen molar-refractivity contribution in [3.8, 4) is 0 Å². The molecular weight excluding hydrogens is 586 g/mol. The Kier molecular flexibility index (Phi) is 11.8. The summed E-state index contributed by atoms with van der Waals surface area (Å²) in [6.07, 6.45) is 0.947. The Morgan fingerprint density at radius 2 is 1.73 bits per heavy atom. The Morgan fingerprint density at radius 3 is 2.34 bits per heavy atom. The molecule has 0 bridgehead atoms. The number of carbonyl (C=O) groups excluding carboxylic acids is 4. The van der Waals surface area contributed by atoms with Crippen LogP contribution in [0, 0.1) is 17.8 Å². The molecule has 2 aliphatic heterocycles. The molecule has 242 valence electrons. The Hall–Kier alpha value is -3.00. The molecule has 2 fully saturated rings. The number of hydrogen-bond acceptors (Lipinski definition) is 11. The lowest BCUT2D eigenvalue weighted by molar-refractivity contribution is -0.134. The summed E-state index contributed by atoms with van der Waals surface area (Å²) in [5.74, 6) is -1.32. The molecule has 0 unspecified atom stereocenters. The number of rotatable bonds is 17. The molecule has 2 saturated heterocycles. The van der Waals surface area contributed by atoms with Crippen LogP contribution in [0.5, 0.6) is 0 Å². The molecule has 0 radical (unpaired) electrons. The highest BCUT2D eigenvalue weighted by molar-refractivity contribution is 7.07. The predicted molar refractivity (Wildman–Crippen MR) is 163 cm³/mol. The standard InChI is InChI=1S/C31H45N5O7S/c1-19(2)10-24(33-30(40)26-14-23(43-35-26)15-36-6-8-41-9-7-36)27(37)13-21(12-22-16-44-18-32-22)29(39)34-25(11-20(3)4)28(38)31(5)17-42-31/h14,16,18-21,24-25H,6-13,15,17H2,1-5H3,(H,33,40)(H,34,39)/t21-,24+,25+,31-/m1/s1. The normalized spacial score (nSPS) is 20.7. The maximum absolute atomic E-state index is 13.8. The number of amides is 2. The zero-order chi connectivity index (χ0) is 31.9. The third-order valence-corrected chi connectivity index (χ3v) is 8.51. The van der Waals surface area contributed by atoms with Gasteiger partial charge in [0.15, 0.2) is 23.0 Å². The molecule has 0 aromatic carbocycles. The van der Waals surface area contributed by atoms with Crippen LogP contribution in [0.25, 0.3) is 0 Å². The number of Topliss-reactive ketones (excluding diaryl/α,β-unsaturated/α-hetero) is 2. The number of carbonyl (C=O) groups is 4. The van der Waals surface area contributed by atoms with Crippen molar-refractivity contribution in [2.24, 2.45) is 17.8 Å². The van der Waals surface area contributed by atoms with Gasteiger partial charge in [-0.2, -0.15) is 0 Å². The monoisotopic (exact) mass is 631 g/mol. The van der Waals surface area contributed by atoms with Gasteiger partial charge in [-0.15, -0.1) is 11.3 Å². The topological polar surface area (TPSA) is 156 Å². The highest BCUT2D eigenvalue weighted by Gasteiger charge is 2.50. The minimum absolute atomic E-state index is 0.0941. The summed E-state index contributed by atoms with van der Waals surface area (Å²) in [4.78, 5) is 60.3. The van der Waals surface area contributed by atoms with Crippen molar-refractivity contribution in [3.63, 3.8) is 0 Å². The highest BCUT2D eigenvalue weighted by Crippen LogP contribution is 2.30. The molecule has 4 rings (SSSR count). The molecule has 4 atom stereocenters. The Bertz CT molecular complexity index is 1270. The number of hydrogen-bond donors (Lipinski definition) is 2. The predicted octanol–water partition coefficient (Wildman–Crippen LogP) is 2.81. The average molecular weight is 632 g/mol. The average Bonchev–Trinajstić information content (AvgIpc) is 3.32. The van der Waals surface area contributed by atoms with Crippen molar-refractivity contribution in [1.82, 2.24) is 25.7 Å². The molecule has 2 aromatic heterocycles. The molecule has 2 aliphatic rings. The van der Waals surface area contributed by atoms with Gasteiger partial charge >= 0.3 is 0 Å². The second kappa shape index (κ2) is 15.3. The van der Waals surface area contributed by atoms with E-state index in [1.807, 2.05) is 33.1 Å². The fraction of sp³-hybridized carbons (Fsp3) is 0.677. The van der Waals surface area contributed by atoms with Gasteiger partial charge in [0.05, 0.1) is 55.6 Å². The zero-order valence-electron chi connectivity index (χ0n) is 26.3. The van der Waals surface area contributed by atoms with Gasteiger partial charge in [0, 0.05) is 37.4 Å². The van der Waals surface area contributed by atoms with Crippen LogP contribution in [0.2, 0.25) is 0 Å². The Morgan fingerprint density at radius 1 is 1.05 bits per heavy atom. The largest absolute Gasteiger partial charge is 0.379 e. The van der Waals surface area contributed by atoms with Crippen LogP contribution < -0.4 is 10.6 Å². The highest BCUT2D eigenvalue weighted by atomic mass is 32.1. The summed E-state index contributed by atoms with van der Waals surface area (Å²) in [5.41, 5.74) is 1.57. The van der Waals surface area contributed by atoms with Crippen LogP contribution in [0.3, 0.4) is 0 Å². The van der Waals surface area contributed by atoms with Gasteiger partial charge in [-0.25, -0.2) is 4.98 Å². The van der Waals surface area contributed by atoms with Crippen molar-refractivity contribution in [3.05, 3.63) is 34.1 Å². The first kappa shape index (κ1) is 33.9. The van der Waals surface area contributed by atoms with E-state index in [0.29, 0.717) is 50.7 Å². The summed E-state index contributed by atoms with van der Waals surface area (Å²) in [6, 6.07) is 0.0309. The first-order valence-corrected chi connectivity index (χ1v) is 16.3. The fourth-order valence-electron chi connectivity index (χ4n) is 5.29. The van der Waals surface area contributed by atoms with Crippen molar-refractivity contribution in [2.45, 2.75) is 84.5 Å². The van der Waals surface area contributed by atoms with Gasteiger partial charge in [0.25, 0.3) is 5.91 Å². The molecule has 2 N–H and O–H groups in total. The first-order chi connectivity index (χ1) is 20.9. The maximum atomic E-state index is 13.8. The molecule has 0 aliphatic carbocycles. The molecule has 4 heterocycles. The molecule has 0 spiro atoms. The number of nitrogens with zero attached hydrogens (tertiary/aromatic N) is 3. The molecule has 0 saturated carbocycles. The maximum Gasteiger partial charge on any atom is 0.274 e. The number of epoxide rings is 1. The lowest BCUT2D eigenvalue weighted by atomic mass is 9.89. The van der Waals surface area contributed by atoms with Crippen LogP contribution in [-0.2, 0) is 36.8 Å². The molecule has 13 heteroatoms. The number of nitrogens with one attached hydrogen (secondary N) is 2. The third kappa shape index (κ3) is 9.75. The van der Waals surface area contributed by atoms with Gasteiger partial charge in [0.1, 0.15) is 5.60 Å². The van der Waals surface area contributed by atoms with E-state index in [9.17, 15) is 19.2 Å². The Labute approximate surface area is 262 Å². The van der Waals surface area contributed by atoms with Crippen molar-refractivity contribution in [1.29, 1.82) is 0 Å². The van der Waals surface area contributed by atoms with Crippen LogP contribution in [0.4, 0.5) is 0 Å². The van der Waals surface area contributed by atoms with Crippen LogP contribution in [-0.4, -0.2) is 89.0 Å². The summed E-state index contributed by atoms with van der Waals surface area (Å²) in [7, 11) is 0. The van der Waals surface area contributed by atoms with E-state index in [-0.39, 0.29) is 41.9 Å². The smallest absolute Gasteiger partial charge is 0.274 e. The number of ether oxygens (including phenoxy) is 2. The number of ketones is 2.